The van der Waals surface area contributed by atoms with Crippen molar-refractivity contribution in [1.82, 2.24) is 10.3 Å². The van der Waals surface area contributed by atoms with Crippen LogP contribution in [0.2, 0.25) is 0 Å². The highest BCUT2D eigenvalue weighted by Gasteiger charge is 2.25. The van der Waals surface area contributed by atoms with Gasteiger partial charge in [-0.05, 0) is 61.9 Å². The third-order valence-corrected chi connectivity index (χ3v) is 6.00. The number of para-hydroxylation sites is 1. The van der Waals surface area contributed by atoms with Crippen LogP contribution in [0.3, 0.4) is 0 Å². The smallest absolute Gasteiger partial charge is 0.345 e. The maximum absolute atomic E-state index is 13.3. The number of fused-ring (bicyclic) bond motifs is 1. The lowest BCUT2D eigenvalue weighted by molar-refractivity contribution is -0.349. The van der Waals surface area contributed by atoms with Crippen LogP contribution < -0.4 is 20.5 Å². The molecule has 8 heteroatoms. The quantitative estimate of drug-likeness (QED) is 0.612. The normalized spacial score (nSPS) is 18.4. The van der Waals surface area contributed by atoms with Crippen molar-refractivity contribution in [2.24, 2.45) is 5.92 Å². The van der Waals surface area contributed by atoms with Crippen molar-refractivity contribution < 1.29 is 18.6 Å². The Morgan fingerprint density at radius 1 is 1.09 bits per heavy atom. The zero-order chi connectivity index (χ0) is 22.7. The first-order valence-corrected chi connectivity index (χ1v) is 10.9. The van der Waals surface area contributed by atoms with Gasteiger partial charge in [0.2, 0.25) is 5.82 Å². The minimum Gasteiger partial charge on any atom is -0.352 e. The molecule has 168 valence electrons. The fourth-order valence-corrected chi connectivity index (χ4v) is 4.20. The van der Waals surface area contributed by atoms with Crippen LogP contribution in [-0.4, -0.2) is 37.6 Å². The second-order valence-electron chi connectivity index (χ2n) is 8.55. The van der Waals surface area contributed by atoms with Crippen molar-refractivity contribution in [2.45, 2.75) is 31.7 Å². The van der Waals surface area contributed by atoms with Gasteiger partial charge in [0.25, 0.3) is 5.91 Å². The summed E-state index contributed by atoms with van der Waals surface area (Å²) in [6.45, 7) is 0.523. The van der Waals surface area contributed by atoms with Gasteiger partial charge in [-0.25, -0.2) is 13.8 Å². The average Bonchev–Trinajstić information content (AvgIpc) is 2.79. The van der Waals surface area contributed by atoms with Crippen LogP contribution in [0.5, 0.6) is 0 Å². The van der Waals surface area contributed by atoms with E-state index in [2.05, 4.69) is 21.7 Å². The Morgan fingerprint density at radius 3 is 2.56 bits per heavy atom. The van der Waals surface area contributed by atoms with Crippen LogP contribution in [0, 0.1) is 17.6 Å². The molecule has 1 saturated carbocycles. The summed E-state index contributed by atoms with van der Waals surface area (Å²) in [5.41, 5.74) is 1.07. The number of anilines is 2. The number of amides is 1. The number of nitrogens with one attached hydrogen (secondary N) is 3. The summed E-state index contributed by atoms with van der Waals surface area (Å²) in [5.74, 6) is -0.235. The molecule has 2 aromatic carbocycles. The van der Waals surface area contributed by atoms with E-state index in [0.717, 1.165) is 60.5 Å². The second kappa shape index (κ2) is 9.46. The molecule has 0 saturated heterocycles. The number of rotatable bonds is 6. The Balaban J connectivity index is 1.31. The van der Waals surface area contributed by atoms with E-state index in [1.165, 1.54) is 6.07 Å². The molecule has 0 unspecified atom stereocenters. The highest BCUT2D eigenvalue weighted by Crippen LogP contribution is 2.26. The third-order valence-electron chi connectivity index (χ3n) is 6.00. The van der Waals surface area contributed by atoms with E-state index in [1.54, 1.807) is 0 Å². The molecule has 3 N–H and O–H groups in total. The second-order valence-corrected chi connectivity index (χ2v) is 8.55. The Morgan fingerprint density at radius 2 is 1.84 bits per heavy atom. The number of aromatic amines is 1. The summed E-state index contributed by atoms with van der Waals surface area (Å²) in [7, 11) is 4.00. The van der Waals surface area contributed by atoms with Gasteiger partial charge in [-0.3, -0.25) is 10.1 Å². The van der Waals surface area contributed by atoms with Crippen LogP contribution in [-0.2, 0) is 0 Å². The van der Waals surface area contributed by atoms with Crippen molar-refractivity contribution in [3.05, 3.63) is 59.7 Å². The minimum atomic E-state index is -1.01. The van der Waals surface area contributed by atoms with E-state index in [0.29, 0.717) is 18.5 Å². The molecular formula is C24H28F2N5O+. The van der Waals surface area contributed by atoms with Gasteiger partial charge in [0, 0.05) is 26.2 Å². The van der Waals surface area contributed by atoms with Crippen molar-refractivity contribution >= 4 is 28.6 Å². The number of carbonyl (C=O) groups excluding carboxylic acids is 1. The number of carbonyl (C=O) groups is 1. The predicted molar refractivity (Wildman–Crippen MR) is 121 cm³/mol. The number of halogens is 2. The first-order chi connectivity index (χ1) is 15.4. The van der Waals surface area contributed by atoms with Gasteiger partial charge in [-0.15, -0.1) is 4.98 Å². The molecular weight excluding hydrogens is 412 g/mol. The van der Waals surface area contributed by atoms with Gasteiger partial charge in [0.15, 0.2) is 11.6 Å². The summed E-state index contributed by atoms with van der Waals surface area (Å²) in [6, 6.07) is 11.5. The summed E-state index contributed by atoms with van der Waals surface area (Å²) in [6.07, 6.45) is 3.85. The topological polar surface area (TPSA) is 71.4 Å². The van der Waals surface area contributed by atoms with Crippen molar-refractivity contribution in [1.29, 1.82) is 0 Å². The summed E-state index contributed by atoms with van der Waals surface area (Å²) in [4.78, 5) is 22.4. The average molecular weight is 441 g/mol. The van der Waals surface area contributed by atoms with Crippen LogP contribution in [0.15, 0.2) is 42.5 Å². The monoisotopic (exact) mass is 440 g/mol. The first kappa shape index (κ1) is 21.9. The first-order valence-electron chi connectivity index (χ1n) is 10.9. The molecule has 32 heavy (non-hydrogen) atoms. The van der Waals surface area contributed by atoms with Gasteiger partial charge >= 0.3 is 5.95 Å². The van der Waals surface area contributed by atoms with Gasteiger partial charge < -0.3 is 10.2 Å². The molecule has 6 nitrogen and oxygen atoms in total. The molecule has 3 aromatic rings. The molecule has 1 aromatic heterocycles. The van der Waals surface area contributed by atoms with Gasteiger partial charge in [-0.2, -0.15) is 0 Å². The molecule has 0 radical (unpaired) electrons. The number of benzene rings is 2. The highest BCUT2D eigenvalue weighted by atomic mass is 19.2. The number of H-pyrrole nitrogens is 1. The van der Waals surface area contributed by atoms with Crippen LogP contribution in [0.4, 0.5) is 20.5 Å². The molecule has 1 aliphatic rings. The Kier molecular flexibility index (Phi) is 6.48. The fourth-order valence-electron chi connectivity index (χ4n) is 4.20. The minimum absolute atomic E-state index is 0.133. The molecule has 1 aliphatic carbocycles. The Bertz CT molecular complexity index is 1110. The van der Waals surface area contributed by atoms with Crippen molar-refractivity contribution in [3.63, 3.8) is 0 Å². The largest absolute Gasteiger partial charge is 0.352 e. The molecule has 4 rings (SSSR count). The van der Waals surface area contributed by atoms with E-state index in [9.17, 15) is 13.6 Å². The molecule has 0 spiro atoms. The summed E-state index contributed by atoms with van der Waals surface area (Å²) < 4.78 is 26.4. The number of hydrogen-bond donors (Lipinski definition) is 2. The lowest BCUT2D eigenvalue weighted by Gasteiger charge is -2.27. The predicted octanol–water partition coefficient (Wildman–Crippen LogP) is 3.79. The van der Waals surface area contributed by atoms with Gasteiger partial charge in [-0.1, -0.05) is 12.1 Å². The maximum Gasteiger partial charge on any atom is 0.345 e. The van der Waals surface area contributed by atoms with E-state index in [-0.39, 0.29) is 11.5 Å². The number of nitrogens with zero attached hydrogens (tertiary/aromatic N) is 2. The molecule has 0 bridgehead atoms. The zero-order valence-corrected chi connectivity index (χ0v) is 18.3. The molecule has 1 heterocycles. The zero-order valence-electron chi connectivity index (χ0n) is 18.3. The third kappa shape index (κ3) is 4.95. The van der Waals surface area contributed by atoms with Crippen LogP contribution >= 0.6 is 0 Å². The van der Waals surface area contributed by atoms with Gasteiger partial charge in [0.1, 0.15) is 5.52 Å². The van der Waals surface area contributed by atoms with E-state index in [1.807, 2.05) is 37.2 Å². The lowest BCUT2D eigenvalue weighted by atomic mass is 9.86. The van der Waals surface area contributed by atoms with Crippen LogP contribution in [0.1, 0.15) is 36.0 Å². The maximum atomic E-state index is 13.3. The lowest BCUT2D eigenvalue weighted by Crippen LogP contribution is -2.35. The Labute approximate surface area is 186 Å². The summed E-state index contributed by atoms with van der Waals surface area (Å²) >= 11 is 0. The molecule has 0 aliphatic heterocycles. The standard InChI is InChI=1S/C24H27F2N5O/c1-31(2)22-18-5-3-4-6-21(18)29-24(30-22)28-17-10-7-15(8-11-17)14-27-23(32)16-9-12-19(25)20(26)13-16/h3-6,9,12-13,15,17H,7-8,10-11,14H2,1-2H3,(H,27,32)(H,28,29,30)/p+1. The fraction of sp³-hybridized carbons (Fsp3) is 0.375. The summed E-state index contributed by atoms with van der Waals surface area (Å²) in [5, 5.41) is 7.45. The van der Waals surface area contributed by atoms with E-state index < -0.39 is 11.6 Å². The Hall–Kier alpha value is -3.29. The van der Waals surface area contributed by atoms with Crippen molar-refractivity contribution in [2.75, 3.05) is 30.9 Å². The number of hydrogen-bond acceptors (Lipinski definition) is 4. The SMILES string of the molecule is CN(C)c1[nH+]c(NC2CCC(CNC(=O)c3ccc(F)c(F)c3)CC2)nc2ccccc12. The van der Waals surface area contributed by atoms with Crippen molar-refractivity contribution in [3.8, 4) is 0 Å². The molecule has 0 atom stereocenters. The number of aromatic nitrogens is 2. The molecule has 1 amide bonds. The van der Waals surface area contributed by atoms with E-state index >= 15 is 0 Å². The van der Waals surface area contributed by atoms with Crippen LogP contribution in [0.25, 0.3) is 10.9 Å². The van der Waals surface area contributed by atoms with E-state index in [4.69, 9.17) is 4.98 Å². The highest BCUT2D eigenvalue weighted by molar-refractivity contribution is 5.94. The molecule has 1 fully saturated rings. The van der Waals surface area contributed by atoms with Gasteiger partial charge in [0.05, 0.1) is 11.4 Å².